The lowest BCUT2D eigenvalue weighted by Gasteiger charge is -2.30. The van der Waals surface area contributed by atoms with E-state index in [-0.39, 0.29) is 0 Å². The second-order valence-corrected chi connectivity index (χ2v) is 6.83. The van der Waals surface area contributed by atoms with Gasteiger partial charge in [-0.25, -0.2) is 0 Å². The highest BCUT2D eigenvalue weighted by Crippen LogP contribution is 2.23. The maximum Gasteiger partial charge on any atom is 0.164 e. The molecule has 0 spiro atoms. The molecule has 2 nitrogen and oxygen atoms in total. The van der Waals surface area contributed by atoms with Crippen LogP contribution in [0, 0.1) is 33.6 Å². The Labute approximate surface area is 129 Å². The van der Waals surface area contributed by atoms with E-state index in [0.717, 1.165) is 42.2 Å². The van der Waals surface area contributed by atoms with Gasteiger partial charge in [0.2, 0.25) is 0 Å². The van der Waals surface area contributed by atoms with Gasteiger partial charge < -0.3 is 4.90 Å². The number of ketones is 1. The fraction of sp³-hybridized carbons (Fsp3) is 0.632. The van der Waals surface area contributed by atoms with Crippen LogP contribution in [0.15, 0.2) is 6.07 Å². The molecular formula is C19H29NO. The van der Waals surface area contributed by atoms with Crippen LogP contribution in [0.25, 0.3) is 0 Å². The Hall–Kier alpha value is -1.15. The highest BCUT2D eigenvalue weighted by Gasteiger charge is 2.19. The van der Waals surface area contributed by atoms with Crippen LogP contribution in [-0.4, -0.2) is 30.3 Å². The minimum Gasteiger partial charge on any atom is -0.303 e. The fourth-order valence-electron chi connectivity index (χ4n) is 3.31. The molecule has 1 aliphatic rings. The number of benzene rings is 1. The van der Waals surface area contributed by atoms with E-state index in [1.807, 2.05) is 0 Å². The Kier molecular flexibility index (Phi) is 5.21. The SMILES string of the molecule is Cc1cc(C)c(C)c(C(=O)CCN2CCC(C)CC2)c1C. The number of hydrogen-bond acceptors (Lipinski definition) is 2. The van der Waals surface area contributed by atoms with E-state index in [4.69, 9.17) is 0 Å². The molecule has 2 rings (SSSR count). The molecule has 1 aromatic rings. The number of nitrogens with zero attached hydrogens (tertiary/aromatic N) is 1. The predicted molar refractivity (Wildman–Crippen MR) is 89.2 cm³/mol. The lowest BCUT2D eigenvalue weighted by atomic mass is 9.90. The summed E-state index contributed by atoms with van der Waals surface area (Å²) in [6, 6.07) is 2.19. The maximum atomic E-state index is 12.7. The predicted octanol–water partition coefficient (Wildman–Crippen LogP) is 4.22. The number of hydrogen-bond donors (Lipinski definition) is 0. The van der Waals surface area contributed by atoms with E-state index < -0.39 is 0 Å². The van der Waals surface area contributed by atoms with E-state index in [1.54, 1.807) is 0 Å². The van der Waals surface area contributed by atoms with Crippen molar-refractivity contribution in [2.45, 2.75) is 53.9 Å². The van der Waals surface area contributed by atoms with Crippen LogP contribution >= 0.6 is 0 Å². The van der Waals surface area contributed by atoms with Crippen molar-refractivity contribution in [1.82, 2.24) is 4.90 Å². The van der Waals surface area contributed by atoms with Gasteiger partial charge in [-0.2, -0.15) is 0 Å². The molecule has 1 saturated heterocycles. The maximum absolute atomic E-state index is 12.7. The highest BCUT2D eigenvalue weighted by molar-refractivity contribution is 5.99. The lowest BCUT2D eigenvalue weighted by molar-refractivity contribution is 0.0951. The molecule has 1 aliphatic heterocycles. The van der Waals surface area contributed by atoms with Gasteiger partial charge >= 0.3 is 0 Å². The molecule has 1 fully saturated rings. The molecule has 0 amide bonds. The van der Waals surface area contributed by atoms with Crippen molar-refractivity contribution in [2.24, 2.45) is 5.92 Å². The van der Waals surface area contributed by atoms with Crippen molar-refractivity contribution < 1.29 is 4.79 Å². The standard InChI is InChI=1S/C19H29NO/c1-13-6-9-20(10-7-13)11-8-18(21)19-16(4)14(2)12-15(3)17(19)5/h12-13H,6-11H2,1-5H3. The van der Waals surface area contributed by atoms with Crippen molar-refractivity contribution >= 4 is 5.78 Å². The van der Waals surface area contributed by atoms with E-state index in [9.17, 15) is 4.79 Å². The van der Waals surface area contributed by atoms with Crippen LogP contribution in [0.4, 0.5) is 0 Å². The molecule has 1 aromatic carbocycles. The van der Waals surface area contributed by atoms with Gasteiger partial charge in [0.25, 0.3) is 0 Å². The monoisotopic (exact) mass is 287 g/mol. The molecule has 0 aliphatic carbocycles. The van der Waals surface area contributed by atoms with Crippen LogP contribution in [-0.2, 0) is 0 Å². The molecule has 0 saturated carbocycles. The number of likely N-dealkylation sites (tertiary alicyclic amines) is 1. The third kappa shape index (κ3) is 3.74. The van der Waals surface area contributed by atoms with Crippen molar-refractivity contribution in [2.75, 3.05) is 19.6 Å². The van der Waals surface area contributed by atoms with Crippen molar-refractivity contribution in [3.05, 3.63) is 33.9 Å². The normalized spacial score (nSPS) is 17.2. The van der Waals surface area contributed by atoms with E-state index in [2.05, 4.69) is 45.6 Å². The zero-order valence-electron chi connectivity index (χ0n) is 14.3. The summed E-state index contributed by atoms with van der Waals surface area (Å²) in [5.41, 5.74) is 5.75. The summed E-state index contributed by atoms with van der Waals surface area (Å²) >= 11 is 0. The van der Waals surface area contributed by atoms with Crippen molar-refractivity contribution in [3.8, 4) is 0 Å². The van der Waals surface area contributed by atoms with Crippen LogP contribution in [0.5, 0.6) is 0 Å². The molecule has 1 heterocycles. The summed E-state index contributed by atoms with van der Waals surface area (Å²) in [5.74, 6) is 1.16. The van der Waals surface area contributed by atoms with Crippen molar-refractivity contribution in [1.29, 1.82) is 0 Å². The average molecular weight is 287 g/mol. The van der Waals surface area contributed by atoms with Gasteiger partial charge in [-0.15, -0.1) is 0 Å². The molecule has 0 atom stereocenters. The fourth-order valence-corrected chi connectivity index (χ4v) is 3.31. The number of piperidine rings is 1. The van der Waals surface area contributed by atoms with Gasteiger partial charge in [-0.1, -0.05) is 13.0 Å². The number of rotatable bonds is 4. The van der Waals surface area contributed by atoms with Gasteiger partial charge in [0.15, 0.2) is 5.78 Å². The minimum absolute atomic E-state index is 0.315. The summed E-state index contributed by atoms with van der Waals surface area (Å²) in [7, 11) is 0. The molecular weight excluding hydrogens is 258 g/mol. The van der Waals surface area contributed by atoms with E-state index >= 15 is 0 Å². The molecule has 0 N–H and O–H groups in total. The Morgan fingerprint density at radius 2 is 1.62 bits per heavy atom. The van der Waals surface area contributed by atoms with Gasteiger partial charge in [-0.3, -0.25) is 4.79 Å². The second kappa shape index (κ2) is 6.74. The zero-order chi connectivity index (χ0) is 15.6. The first-order valence-corrected chi connectivity index (χ1v) is 8.23. The molecule has 0 unspecified atom stereocenters. The van der Waals surface area contributed by atoms with Crippen LogP contribution < -0.4 is 0 Å². The Balaban J connectivity index is 2.04. The smallest absolute Gasteiger partial charge is 0.164 e. The first-order valence-electron chi connectivity index (χ1n) is 8.23. The largest absolute Gasteiger partial charge is 0.303 e. The summed E-state index contributed by atoms with van der Waals surface area (Å²) < 4.78 is 0. The second-order valence-electron chi connectivity index (χ2n) is 6.83. The third-order valence-electron chi connectivity index (χ3n) is 5.18. The number of carbonyl (C=O) groups is 1. The summed E-state index contributed by atoms with van der Waals surface area (Å²) in [4.78, 5) is 15.1. The summed E-state index contributed by atoms with van der Waals surface area (Å²) in [5, 5.41) is 0. The first kappa shape index (κ1) is 16.2. The summed E-state index contributed by atoms with van der Waals surface area (Å²) in [6.45, 7) is 13.9. The molecule has 0 aromatic heterocycles. The van der Waals surface area contributed by atoms with Crippen LogP contribution in [0.3, 0.4) is 0 Å². The lowest BCUT2D eigenvalue weighted by Crippen LogP contribution is -2.34. The first-order chi connectivity index (χ1) is 9.90. The average Bonchev–Trinajstić information content (AvgIpc) is 2.45. The van der Waals surface area contributed by atoms with Gasteiger partial charge in [0.1, 0.15) is 0 Å². The van der Waals surface area contributed by atoms with Crippen LogP contribution in [0.1, 0.15) is 58.8 Å². The molecule has 21 heavy (non-hydrogen) atoms. The van der Waals surface area contributed by atoms with E-state index in [1.165, 1.54) is 24.0 Å². The Bertz CT molecular complexity index is 499. The molecule has 116 valence electrons. The number of carbonyl (C=O) groups excluding carboxylic acids is 1. The molecule has 2 heteroatoms. The van der Waals surface area contributed by atoms with Gasteiger partial charge in [0.05, 0.1) is 0 Å². The van der Waals surface area contributed by atoms with Crippen molar-refractivity contribution in [3.63, 3.8) is 0 Å². The highest BCUT2D eigenvalue weighted by atomic mass is 16.1. The quantitative estimate of drug-likeness (QED) is 0.773. The molecule has 0 radical (unpaired) electrons. The number of Topliss-reactive ketones (excluding diaryl/α,β-unsaturated/α-hetero) is 1. The minimum atomic E-state index is 0.315. The van der Waals surface area contributed by atoms with E-state index in [0.29, 0.717) is 12.2 Å². The van der Waals surface area contributed by atoms with Crippen LogP contribution in [0.2, 0.25) is 0 Å². The third-order valence-corrected chi connectivity index (χ3v) is 5.18. The Morgan fingerprint density at radius 1 is 1.10 bits per heavy atom. The number of aryl methyl sites for hydroxylation is 2. The summed E-state index contributed by atoms with van der Waals surface area (Å²) in [6.07, 6.45) is 3.20. The molecule has 0 bridgehead atoms. The zero-order valence-corrected chi connectivity index (χ0v) is 14.3. The van der Waals surface area contributed by atoms with Gasteiger partial charge in [-0.05, 0) is 81.8 Å². The Morgan fingerprint density at radius 3 is 2.14 bits per heavy atom. The topological polar surface area (TPSA) is 20.3 Å². The van der Waals surface area contributed by atoms with Gasteiger partial charge in [0, 0.05) is 18.5 Å².